The van der Waals surface area contributed by atoms with Gasteiger partial charge in [-0.25, -0.2) is 0 Å². The molecule has 1 atom stereocenters. The number of amides is 2. The van der Waals surface area contributed by atoms with E-state index in [4.69, 9.17) is 4.74 Å². The van der Waals surface area contributed by atoms with E-state index in [1.165, 1.54) is 0 Å². The summed E-state index contributed by atoms with van der Waals surface area (Å²) in [4.78, 5) is 28.1. The van der Waals surface area contributed by atoms with Gasteiger partial charge in [-0.2, -0.15) is 0 Å². The molecule has 1 heterocycles. The van der Waals surface area contributed by atoms with Gasteiger partial charge < -0.3 is 15.0 Å². The number of benzene rings is 1. The molecule has 2 rings (SSSR count). The molecule has 0 bridgehead atoms. The van der Waals surface area contributed by atoms with E-state index in [9.17, 15) is 9.59 Å². The molecule has 0 spiro atoms. The molecule has 1 aromatic carbocycles. The first-order valence-electron chi connectivity index (χ1n) is 7.94. The first kappa shape index (κ1) is 17.3. The summed E-state index contributed by atoms with van der Waals surface area (Å²) < 4.78 is 5.08. The fourth-order valence-corrected chi connectivity index (χ4v) is 2.63. The topological polar surface area (TPSA) is 61.9 Å². The van der Waals surface area contributed by atoms with Crippen LogP contribution in [0.1, 0.15) is 19.8 Å². The molecule has 1 aliphatic rings. The second-order valence-electron chi connectivity index (χ2n) is 5.90. The zero-order valence-corrected chi connectivity index (χ0v) is 14.0. The largest absolute Gasteiger partial charge is 0.497 e. The van der Waals surface area contributed by atoms with E-state index in [1.54, 1.807) is 43.3 Å². The third-order valence-electron chi connectivity index (χ3n) is 4.20. The molecule has 1 fully saturated rings. The van der Waals surface area contributed by atoms with E-state index in [0.29, 0.717) is 5.69 Å². The second-order valence-corrected chi connectivity index (χ2v) is 5.90. The van der Waals surface area contributed by atoms with E-state index in [1.807, 2.05) is 11.8 Å². The minimum Gasteiger partial charge on any atom is -0.497 e. The summed E-state index contributed by atoms with van der Waals surface area (Å²) >= 11 is 0. The number of likely N-dealkylation sites (N-methyl/N-ethyl adjacent to an activating group) is 1. The molecule has 126 valence electrons. The standard InChI is InChI=1S/C17H25N3O3/c1-13(17(22)20-10-4-5-11-20)19(2)12-16(21)18-14-6-8-15(23-3)9-7-14/h6-9,13H,4-5,10-12H2,1-3H3,(H,18,21)/t13-/m0/s1. The molecule has 6 heteroatoms. The van der Waals surface area contributed by atoms with Gasteiger partial charge in [0.25, 0.3) is 0 Å². The van der Waals surface area contributed by atoms with Crippen molar-refractivity contribution < 1.29 is 14.3 Å². The van der Waals surface area contributed by atoms with Crippen LogP contribution in [0, 0.1) is 0 Å². The number of anilines is 1. The lowest BCUT2D eigenvalue weighted by Crippen LogP contribution is -2.46. The van der Waals surface area contributed by atoms with E-state index >= 15 is 0 Å². The summed E-state index contributed by atoms with van der Waals surface area (Å²) in [5.74, 6) is 0.700. The van der Waals surface area contributed by atoms with Gasteiger partial charge in [0.05, 0.1) is 19.7 Å². The summed E-state index contributed by atoms with van der Waals surface area (Å²) in [5, 5.41) is 2.83. The quantitative estimate of drug-likeness (QED) is 0.865. The predicted octanol–water partition coefficient (Wildman–Crippen LogP) is 1.58. The van der Waals surface area contributed by atoms with Gasteiger partial charge in [0.1, 0.15) is 5.75 Å². The summed E-state index contributed by atoms with van der Waals surface area (Å²) in [6.45, 7) is 3.68. The molecule has 1 aromatic rings. The van der Waals surface area contributed by atoms with Crippen molar-refractivity contribution in [3.8, 4) is 5.75 Å². The van der Waals surface area contributed by atoms with Gasteiger partial charge in [0.15, 0.2) is 0 Å². The maximum Gasteiger partial charge on any atom is 0.239 e. The molecule has 0 unspecified atom stereocenters. The Hall–Kier alpha value is -2.08. The number of hydrogen-bond acceptors (Lipinski definition) is 4. The Morgan fingerprint density at radius 3 is 2.43 bits per heavy atom. The number of nitrogens with one attached hydrogen (secondary N) is 1. The Balaban J connectivity index is 1.84. The second kappa shape index (κ2) is 7.97. The number of rotatable bonds is 6. The molecule has 1 saturated heterocycles. The highest BCUT2D eigenvalue weighted by molar-refractivity contribution is 5.92. The van der Waals surface area contributed by atoms with Crippen LogP contribution in [-0.4, -0.2) is 61.4 Å². The normalized spacial score (nSPS) is 15.6. The smallest absolute Gasteiger partial charge is 0.239 e. The number of hydrogen-bond donors (Lipinski definition) is 1. The van der Waals surface area contributed by atoms with Crippen LogP contribution < -0.4 is 10.1 Å². The van der Waals surface area contributed by atoms with Crippen LogP contribution in [-0.2, 0) is 9.59 Å². The highest BCUT2D eigenvalue weighted by Crippen LogP contribution is 2.15. The number of nitrogens with zero attached hydrogens (tertiary/aromatic N) is 2. The minimum absolute atomic E-state index is 0.0993. The minimum atomic E-state index is -0.297. The van der Waals surface area contributed by atoms with Gasteiger partial charge in [-0.1, -0.05) is 0 Å². The Bertz CT molecular complexity index is 539. The molecule has 0 aromatic heterocycles. The van der Waals surface area contributed by atoms with Crippen LogP contribution in [0.25, 0.3) is 0 Å². The molecule has 1 N–H and O–H groups in total. The van der Waals surface area contributed by atoms with Crippen molar-refractivity contribution in [2.75, 3.05) is 39.1 Å². The molecule has 0 saturated carbocycles. The zero-order chi connectivity index (χ0) is 16.8. The van der Waals surface area contributed by atoms with Crippen LogP contribution in [0.2, 0.25) is 0 Å². The van der Waals surface area contributed by atoms with Crippen molar-refractivity contribution in [2.45, 2.75) is 25.8 Å². The van der Waals surface area contributed by atoms with Gasteiger partial charge in [0.2, 0.25) is 11.8 Å². The SMILES string of the molecule is COc1ccc(NC(=O)CN(C)[C@@H](C)C(=O)N2CCCC2)cc1. The number of ether oxygens (including phenoxy) is 1. The molecule has 6 nitrogen and oxygen atoms in total. The highest BCUT2D eigenvalue weighted by Gasteiger charge is 2.26. The van der Waals surface area contributed by atoms with Crippen LogP contribution in [0.5, 0.6) is 5.75 Å². The van der Waals surface area contributed by atoms with Gasteiger partial charge in [-0.3, -0.25) is 14.5 Å². The molecule has 1 aliphatic heterocycles. The lowest BCUT2D eigenvalue weighted by atomic mass is 10.2. The molecule has 2 amide bonds. The maximum atomic E-state index is 12.3. The summed E-state index contributed by atoms with van der Waals surface area (Å²) in [6, 6.07) is 6.86. The monoisotopic (exact) mass is 319 g/mol. The average molecular weight is 319 g/mol. The average Bonchev–Trinajstić information content (AvgIpc) is 3.08. The van der Waals surface area contributed by atoms with Crippen molar-refractivity contribution in [1.82, 2.24) is 9.80 Å². The summed E-state index contributed by atoms with van der Waals surface area (Å²) in [6.07, 6.45) is 2.14. The first-order valence-corrected chi connectivity index (χ1v) is 7.94. The van der Waals surface area contributed by atoms with Crippen molar-refractivity contribution in [2.24, 2.45) is 0 Å². The zero-order valence-electron chi connectivity index (χ0n) is 14.0. The Morgan fingerprint density at radius 2 is 1.87 bits per heavy atom. The van der Waals surface area contributed by atoms with E-state index < -0.39 is 0 Å². The molecule has 23 heavy (non-hydrogen) atoms. The maximum absolute atomic E-state index is 12.3. The third-order valence-corrected chi connectivity index (χ3v) is 4.20. The number of methoxy groups -OCH3 is 1. The van der Waals surface area contributed by atoms with Crippen LogP contribution in [0.15, 0.2) is 24.3 Å². The summed E-state index contributed by atoms with van der Waals surface area (Å²) in [7, 11) is 3.40. The fourth-order valence-electron chi connectivity index (χ4n) is 2.63. The van der Waals surface area contributed by atoms with Gasteiger partial charge in [-0.05, 0) is 51.1 Å². The molecule has 0 radical (unpaired) electrons. The predicted molar refractivity (Wildman–Crippen MR) is 89.5 cm³/mol. The van der Waals surface area contributed by atoms with Crippen LogP contribution in [0.4, 0.5) is 5.69 Å². The highest BCUT2D eigenvalue weighted by atomic mass is 16.5. The van der Waals surface area contributed by atoms with Crippen LogP contribution >= 0.6 is 0 Å². The van der Waals surface area contributed by atoms with Gasteiger partial charge in [0, 0.05) is 18.8 Å². The molecular weight excluding hydrogens is 294 g/mol. The summed E-state index contributed by atoms with van der Waals surface area (Å²) in [5.41, 5.74) is 0.711. The van der Waals surface area contributed by atoms with E-state index in [0.717, 1.165) is 31.7 Å². The number of carbonyl (C=O) groups is 2. The van der Waals surface area contributed by atoms with E-state index in [-0.39, 0.29) is 24.4 Å². The van der Waals surface area contributed by atoms with Gasteiger partial charge >= 0.3 is 0 Å². The Kier molecular flexibility index (Phi) is 5.98. The first-order chi connectivity index (χ1) is 11.0. The van der Waals surface area contributed by atoms with Crippen LogP contribution in [0.3, 0.4) is 0 Å². The lowest BCUT2D eigenvalue weighted by Gasteiger charge is -2.27. The Labute approximate surface area is 137 Å². The fraction of sp³-hybridized carbons (Fsp3) is 0.529. The van der Waals surface area contributed by atoms with Crippen molar-refractivity contribution >= 4 is 17.5 Å². The van der Waals surface area contributed by atoms with Crippen molar-refractivity contribution in [3.05, 3.63) is 24.3 Å². The molecule has 0 aliphatic carbocycles. The lowest BCUT2D eigenvalue weighted by molar-refractivity contribution is -0.135. The van der Waals surface area contributed by atoms with Gasteiger partial charge in [-0.15, -0.1) is 0 Å². The molecular formula is C17H25N3O3. The van der Waals surface area contributed by atoms with E-state index in [2.05, 4.69) is 5.32 Å². The van der Waals surface area contributed by atoms with Crippen molar-refractivity contribution in [1.29, 1.82) is 0 Å². The number of carbonyl (C=O) groups excluding carboxylic acids is 2. The number of likely N-dealkylation sites (tertiary alicyclic amines) is 1. The third kappa shape index (κ3) is 4.69. The Morgan fingerprint density at radius 1 is 1.26 bits per heavy atom. The van der Waals surface area contributed by atoms with Crippen molar-refractivity contribution in [3.63, 3.8) is 0 Å².